The Morgan fingerprint density at radius 1 is 1.89 bits per heavy atom. The number of hydrogen-bond acceptors (Lipinski definition) is 1. The summed E-state index contributed by atoms with van der Waals surface area (Å²) in [4.78, 5) is 0. The van der Waals surface area contributed by atoms with Crippen LogP contribution in [0.2, 0.25) is 0 Å². The molecule has 0 N–H and O–H groups in total. The molecule has 0 saturated heterocycles. The fraction of sp³-hybridized carbons (Fsp3) is 0.500. The van der Waals surface area contributed by atoms with Crippen molar-refractivity contribution in [3.63, 3.8) is 0 Å². The Morgan fingerprint density at radius 3 is 3.11 bits per heavy atom. The molecule has 49 valence electrons. The minimum Gasteiger partial charge on any atom is -0.260 e. The van der Waals surface area contributed by atoms with Gasteiger partial charge in [0.2, 0.25) is 0 Å². The topological polar surface area (TPSA) is 17.8 Å². The molecule has 0 spiro atoms. The average Bonchev–Trinajstić information content (AvgIpc) is 2.17. The van der Waals surface area contributed by atoms with Gasteiger partial charge in [-0.15, -0.1) is 0 Å². The molecule has 0 unspecified atom stereocenters. The van der Waals surface area contributed by atoms with Crippen molar-refractivity contribution in [2.75, 3.05) is 0 Å². The molecular weight excluding hydrogens is 119 g/mol. The Labute approximate surface area is 53.3 Å². The molecule has 0 aliphatic rings. The van der Waals surface area contributed by atoms with E-state index in [1.54, 1.807) is 0 Å². The molecule has 0 amide bonds. The summed E-state index contributed by atoms with van der Waals surface area (Å²) < 4.78 is 13.6. The quantitative estimate of drug-likeness (QED) is 0.584. The summed E-state index contributed by atoms with van der Waals surface area (Å²) in [6.07, 6.45) is 4.53. The second-order valence-corrected chi connectivity index (χ2v) is 1.83. The first-order valence-electron chi connectivity index (χ1n) is 2.93. The first-order valence-corrected chi connectivity index (χ1v) is 2.93. The smallest absolute Gasteiger partial charge is 0.170 e. The molecule has 0 atom stereocenters. The highest BCUT2D eigenvalue weighted by atomic mass is 19.1. The number of aryl methyl sites for hydroxylation is 1. The predicted molar refractivity (Wildman–Crippen MR) is 31.3 cm³/mol. The second-order valence-electron chi connectivity index (χ2n) is 1.83. The standard InChI is InChI=1S/C6H8FN2/c1-2-3-9-5-6(7)4-8-9/h4H,2-3H2,1H3. The highest BCUT2D eigenvalue weighted by Crippen LogP contribution is 1.92. The van der Waals surface area contributed by atoms with Gasteiger partial charge in [-0.1, -0.05) is 6.92 Å². The number of rotatable bonds is 2. The van der Waals surface area contributed by atoms with Crippen molar-refractivity contribution in [1.82, 2.24) is 9.78 Å². The monoisotopic (exact) mass is 127 g/mol. The highest BCUT2D eigenvalue weighted by Gasteiger charge is 1.93. The van der Waals surface area contributed by atoms with E-state index in [-0.39, 0.29) is 5.82 Å². The van der Waals surface area contributed by atoms with Crippen LogP contribution >= 0.6 is 0 Å². The van der Waals surface area contributed by atoms with E-state index in [0.717, 1.165) is 19.2 Å². The molecule has 0 fully saturated rings. The molecule has 1 aromatic rings. The number of halogens is 1. The van der Waals surface area contributed by atoms with E-state index in [2.05, 4.69) is 11.3 Å². The maximum atomic E-state index is 12.1. The summed E-state index contributed by atoms with van der Waals surface area (Å²) in [5, 5.41) is 3.69. The van der Waals surface area contributed by atoms with Crippen molar-refractivity contribution in [1.29, 1.82) is 0 Å². The number of aromatic nitrogens is 2. The van der Waals surface area contributed by atoms with Crippen LogP contribution in [-0.4, -0.2) is 9.78 Å². The normalized spacial score (nSPS) is 10.0. The van der Waals surface area contributed by atoms with Gasteiger partial charge < -0.3 is 0 Å². The summed E-state index contributed by atoms with van der Waals surface area (Å²) >= 11 is 0. The summed E-state index contributed by atoms with van der Waals surface area (Å²) in [6, 6.07) is 0. The van der Waals surface area contributed by atoms with E-state index in [1.165, 1.54) is 4.68 Å². The number of hydrogen-bond donors (Lipinski definition) is 0. The van der Waals surface area contributed by atoms with Gasteiger partial charge in [-0.25, -0.2) is 4.39 Å². The molecule has 1 aromatic heterocycles. The summed E-state index contributed by atoms with van der Waals surface area (Å²) in [5.41, 5.74) is 0. The lowest BCUT2D eigenvalue weighted by Crippen LogP contribution is -1.95. The molecule has 9 heavy (non-hydrogen) atoms. The highest BCUT2D eigenvalue weighted by molar-refractivity contribution is 4.80. The zero-order valence-electron chi connectivity index (χ0n) is 5.26. The first-order chi connectivity index (χ1) is 4.33. The van der Waals surface area contributed by atoms with Crippen molar-refractivity contribution in [3.05, 3.63) is 18.2 Å². The molecule has 0 aliphatic heterocycles. The van der Waals surface area contributed by atoms with Gasteiger partial charge in [-0.05, 0) is 6.42 Å². The van der Waals surface area contributed by atoms with Crippen molar-refractivity contribution in [2.45, 2.75) is 19.9 Å². The maximum absolute atomic E-state index is 12.1. The molecule has 1 rings (SSSR count). The van der Waals surface area contributed by atoms with E-state index < -0.39 is 0 Å². The van der Waals surface area contributed by atoms with E-state index in [9.17, 15) is 4.39 Å². The van der Waals surface area contributed by atoms with Gasteiger partial charge in [0, 0.05) is 6.54 Å². The Morgan fingerprint density at radius 2 is 2.67 bits per heavy atom. The van der Waals surface area contributed by atoms with Crippen LogP contribution in [0.5, 0.6) is 0 Å². The predicted octanol–water partition coefficient (Wildman–Crippen LogP) is 1.23. The molecule has 0 bridgehead atoms. The van der Waals surface area contributed by atoms with Crippen LogP contribution in [0.15, 0.2) is 6.20 Å². The van der Waals surface area contributed by atoms with Crippen LogP contribution in [0, 0.1) is 12.0 Å². The maximum Gasteiger partial charge on any atom is 0.170 e. The molecule has 0 aromatic carbocycles. The largest absolute Gasteiger partial charge is 0.260 e. The van der Waals surface area contributed by atoms with Crippen LogP contribution < -0.4 is 0 Å². The third-order valence-electron chi connectivity index (χ3n) is 0.982. The lowest BCUT2D eigenvalue weighted by Gasteiger charge is -1.91. The summed E-state index contributed by atoms with van der Waals surface area (Å²) in [5.74, 6) is -0.386. The van der Waals surface area contributed by atoms with E-state index in [0.29, 0.717) is 0 Å². The van der Waals surface area contributed by atoms with Crippen molar-refractivity contribution in [3.8, 4) is 0 Å². The molecule has 1 radical (unpaired) electrons. The molecule has 0 saturated carbocycles. The molecule has 3 heteroatoms. The Kier molecular flexibility index (Phi) is 1.82. The lowest BCUT2D eigenvalue weighted by atomic mass is 10.5. The van der Waals surface area contributed by atoms with Crippen LogP contribution in [-0.2, 0) is 6.54 Å². The third-order valence-corrected chi connectivity index (χ3v) is 0.982. The molecule has 1 heterocycles. The zero-order valence-corrected chi connectivity index (χ0v) is 5.26. The lowest BCUT2D eigenvalue weighted by molar-refractivity contribution is 0.583. The Balaban J connectivity index is 2.61. The van der Waals surface area contributed by atoms with Gasteiger partial charge in [0.25, 0.3) is 0 Å². The van der Waals surface area contributed by atoms with Gasteiger partial charge in [-0.3, -0.25) is 4.68 Å². The van der Waals surface area contributed by atoms with Crippen LogP contribution in [0.1, 0.15) is 13.3 Å². The minimum absolute atomic E-state index is 0.386. The third kappa shape index (κ3) is 1.52. The van der Waals surface area contributed by atoms with Gasteiger partial charge >= 0.3 is 0 Å². The number of nitrogens with zero attached hydrogens (tertiary/aromatic N) is 2. The van der Waals surface area contributed by atoms with Crippen molar-refractivity contribution >= 4 is 0 Å². The molecular formula is C6H8FN2. The van der Waals surface area contributed by atoms with Crippen LogP contribution in [0.3, 0.4) is 0 Å². The Hall–Kier alpha value is -0.860. The fourth-order valence-corrected chi connectivity index (χ4v) is 0.627. The summed E-state index contributed by atoms with van der Waals surface area (Å²) in [6.45, 7) is 2.75. The fourth-order valence-electron chi connectivity index (χ4n) is 0.627. The van der Waals surface area contributed by atoms with Crippen LogP contribution in [0.4, 0.5) is 4.39 Å². The van der Waals surface area contributed by atoms with Crippen LogP contribution in [0.25, 0.3) is 0 Å². The second kappa shape index (κ2) is 2.62. The van der Waals surface area contributed by atoms with Gasteiger partial charge in [-0.2, -0.15) is 5.10 Å². The van der Waals surface area contributed by atoms with E-state index in [4.69, 9.17) is 0 Å². The van der Waals surface area contributed by atoms with E-state index >= 15 is 0 Å². The summed E-state index contributed by atoms with van der Waals surface area (Å²) in [7, 11) is 0. The van der Waals surface area contributed by atoms with Crippen molar-refractivity contribution < 1.29 is 4.39 Å². The average molecular weight is 127 g/mol. The van der Waals surface area contributed by atoms with E-state index in [1.807, 2.05) is 6.92 Å². The SMILES string of the molecule is CCCn1[c]c(F)cn1. The minimum atomic E-state index is -0.386. The first kappa shape index (κ1) is 6.26. The van der Waals surface area contributed by atoms with Gasteiger partial charge in [0.15, 0.2) is 5.82 Å². The Bertz CT molecular complexity index is 183. The zero-order chi connectivity index (χ0) is 6.69. The van der Waals surface area contributed by atoms with Crippen molar-refractivity contribution in [2.24, 2.45) is 0 Å². The molecule has 0 aliphatic carbocycles. The molecule has 2 nitrogen and oxygen atoms in total. The van der Waals surface area contributed by atoms with Gasteiger partial charge in [0.1, 0.15) is 6.20 Å². The van der Waals surface area contributed by atoms with Gasteiger partial charge in [0.05, 0.1) is 6.20 Å².